The maximum atomic E-state index is 2.51. The zero-order valence-electron chi connectivity index (χ0n) is 18.8. The highest BCUT2D eigenvalue weighted by atomic mass is 32.1. The molecule has 0 amide bonds. The van der Waals surface area contributed by atoms with Crippen LogP contribution in [0.4, 0.5) is 0 Å². The second-order valence-corrected chi connectivity index (χ2v) is 27.8. The van der Waals surface area contributed by atoms with Crippen molar-refractivity contribution in [3.05, 3.63) is 24.3 Å². The van der Waals surface area contributed by atoms with Gasteiger partial charge in [0, 0.05) is 29.6 Å². The average molecular weight is 559 g/mol. The fourth-order valence-electron chi connectivity index (χ4n) is 4.39. The molecule has 8 heteroatoms. The molecular formula is C24H22S6Si2. The highest BCUT2D eigenvalue weighted by Gasteiger charge is 2.26. The first-order chi connectivity index (χ1) is 15.1. The lowest BCUT2D eigenvalue weighted by molar-refractivity contribution is 1.79. The summed E-state index contributed by atoms with van der Waals surface area (Å²) in [5.74, 6) is 0. The molecular weight excluding hydrogens is 537 g/mol. The van der Waals surface area contributed by atoms with E-state index in [1.807, 2.05) is 45.3 Å². The Morgan fingerprint density at radius 3 is 1.19 bits per heavy atom. The van der Waals surface area contributed by atoms with Gasteiger partial charge >= 0.3 is 0 Å². The Kier molecular flexibility index (Phi) is 4.24. The Morgan fingerprint density at radius 2 is 0.812 bits per heavy atom. The summed E-state index contributed by atoms with van der Waals surface area (Å²) in [6.07, 6.45) is 0. The van der Waals surface area contributed by atoms with Gasteiger partial charge in [0.1, 0.15) is 0 Å². The summed E-state index contributed by atoms with van der Waals surface area (Å²) in [4.78, 5) is 0. The van der Waals surface area contributed by atoms with Crippen LogP contribution in [-0.2, 0) is 0 Å². The van der Waals surface area contributed by atoms with Gasteiger partial charge in [-0.2, -0.15) is 0 Å². The number of hydrogen-bond acceptors (Lipinski definition) is 6. The first-order valence-corrected chi connectivity index (χ1v) is 22.7. The van der Waals surface area contributed by atoms with E-state index in [0.717, 1.165) is 0 Å². The van der Waals surface area contributed by atoms with Crippen molar-refractivity contribution in [2.24, 2.45) is 0 Å². The van der Waals surface area contributed by atoms with E-state index in [1.165, 1.54) is 57.8 Å². The Morgan fingerprint density at radius 1 is 0.438 bits per heavy atom. The lowest BCUT2D eigenvalue weighted by atomic mass is 10.2. The molecule has 0 fully saturated rings. The number of fused-ring (bicyclic) bond motifs is 11. The van der Waals surface area contributed by atoms with Crippen LogP contribution in [0, 0.1) is 0 Å². The molecule has 0 aliphatic rings. The van der Waals surface area contributed by atoms with Gasteiger partial charge in [-0.25, -0.2) is 0 Å². The number of benzene rings is 1. The molecule has 0 unspecified atom stereocenters. The first-order valence-electron chi connectivity index (χ1n) is 10.8. The Labute approximate surface area is 212 Å². The van der Waals surface area contributed by atoms with Crippen molar-refractivity contribution >= 4 is 151 Å². The normalized spacial score (nSPS) is 13.9. The molecule has 0 spiro atoms. The van der Waals surface area contributed by atoms with Crippen LogP contribution < -0.4 is 9.00 Å². The molecule has 0 N–H and O–H groups in total. The van der Waals surface area contributed by atoms with E-state index < -0.39 is 16.1 Å². The molecule has 162 valence electrons. The molecule has 32 heavy (non-hydrogen) atoms. The van der Waals surface area contributed by atoms with Gasteiger partial charge in [-0.05, 0) is 33.3 Å². The Hall–Kier alpha value is -0.586. The quantitative estimate of drug-likeness (QED) is 0.185. The van der Waals surface area contributed by atoms with Crippen molar-refractivity contribution in [1.82, 2.24) is 0 Å². The van der Waals surface area contributed by atoms with Gasteiger partial charge in [0.25, 0.3) is 0 Å². The van der Waals surface area contributed by atoms with E-state index in [4.69, 9.17) is 0 Å². The van der Waals surface area contributed by atoms with Crippen LogP contribution in [0.15, 0.2) is 24.3 Å². The highest BCUT2D eigenvalue weighted by Crippen LogP contribution is 2.53. The second-order valence-electron chi connectivity index (χ2n) is 10.6. The van der Waals surface area contributed by atoms with Crippen LogP contribution in [0.5, 0.6) is 0 Å². The third-order valence-electron chi connectivity index (χ3n) is 6.13. The molecule has 0 saturated heterocycles. The van der Waals surface area contributed by atoms with Crippen LogP contribution >= 0.6 is 68.0 Å². The average Bonchev–Trinajstić information content (AvgIpc) is 3.45. The summed E-state index contributed by atoms with van der Waals surface area (Å²) in [7, 11) is -2.54. The van der Waals surface area contributed by atoms with Crippen molar-refractivity contribution in [2.75, 3.05) is 0 Å². The molecule has 0 aliphatic carbocycles. The van der Waals surface area contributed by atoms with Gasteiger partial charge in [0.05, 0.1) is 44.3 Å². The predicted molar refractivity (Wildman–Crippen MR) is 165 cm³/mol. The predicted octanol–water partition coefficient (Wildman–Crippen LogP) is 10.1. The number of rotatable bonds is 2. The van der Waals surface area contributed by atoms with Crippen LogP contribution in [0.2, 0.25) is 39.3 Å². The van der Waals surface area contributed by atoms with E-state index in [9.17, 15) is 0 Å². The van der Waals surface area contributed by atoms with Gasteiger partial charge in [-0.1, -0.05) is 39.3 Å². The van der Waals surface area contributed by atoms with Gasteiger partial charge in [0.2, 0.25) is 0 Å². The van der Waals surface area contributed by atoms with Crippen LogP contribution in [0.1, 0.15) is 0 Å². The maximum Gasteiger partial charge on any atom is 0.0904 e. The standard InChI is InChI=1S/C24H22S6Si2/c1-31(2,3)15-9-13-19(29-15)23-21(27-13)17-11(25-23)7-8-12-18(17)22-24(26-12)20-14(28-22)10-16(30-20)32(4,5)6/h7-10H,1-6H3. The topological polar surface area (TPSA) is 0 Å². The molecule has 0 bridgehead atoms. The molecule has 0 saturated carbocycles. The highest BCUT2D eigenvalue weighted by molar-refractivity contribution is 7.46. The molecule has 0 radical (unpaired) electrons. The molecule has 6 heterocycles. The van der Waals surface area contributed by atoms with E-state index in [2.05, 4.69) is 86.2 Å². The van der Waals surface area contributed by atoms with E-state index in [-0.39, 0.29) is 0 Å². The summed E-state index contributed by atoms with van der Waals surface area (Å²) >= 11 is 12.2. The summed E-state index contributed by atoms with van der Waals surface area (Å²) in [5.41, 5.74) is 0. The minimum Gasteiger partial charge on any atom is -0.143 e. The fourth-order valence-corrected chi connectivity index (χ4v) is 16.7. The molecule has 0 nitrogen and oxygen atoms in total. The third kappa shape index (κ3) is 2.78. The maximum absolute atomic E-state index is 2.51. The molecule has 0 aliphatic heterocycles. The van der Waals surface area contributed by atoms with Crippen LogP contribution in [-0.4, -0.2) is 16.1 Å². The molecule has 7 rings (SSSR count). The Bertz CT molecular complexity index is 1710. The van der Waals surface area contributed by atoms with Crippen molar-refractivity contribution in [2.45, 2.75) is 39.3 Å². The van der Waals surface area contributed by atoms with Crippen molar-refractivity contribution in [3.63, 3.8) is 0 Å². The minimum absolute atomic E-state index is 1.27. The third-order valence-corrected chi connectivity index (χ3v) is 21.0. The molecule has 6 aromatic heterocycles. The largest absolute Gasteiger partial charge is 0.143 e. The molecule has 1 aromatic carbocycles. The SMILES string of the molecule is C[Si](C)(C)c1cc2sc3c(sc4ccc5sc6c7sc([Si](C)(C)C)cc7sc6c5c43)c2s1. The van der Waals surface area contributed by atoms with Crippen molar-refractivity contribution in [1.29, 1.82) is 0 Å². The number of thiophene rings is 6. The summed E-state index contributed by atoms with van der Waals surface area (Å²) < 4.78 is 18.4. The van der Waals surface area contributed by atoms with E-state index in [1.54, 1.807) is 9.00 Å². The smallest absolute Gasteiger partial charge is 0.0904 e. The van der Waals surface area contributed by atoms with E-state index >= 15 is 0 Å². The summed E-state index contributed by atoms with van der Waals surface area (Å²) in [6.45, 7) is 14.8. The van der Waals surface area contributed by atoms with E-state index in [0.29, 0.717) is 0 Å². The summed E-state index contributed by atoms with van der Waals surface area (Å²) in [5, 5.41) is 3.05. The van der Waals surface area contributed by atoms with Gasteiger partial charge in [-0.3, -0.25) is 0 Å². The first kappa shape index (κ1) is 20.8. The van der Waals surface area contributed by atoms with Crippen LogP contribution in [0.25, 0.3) is 57.8 Å². The monoisotopic (exact) mass is 558 g/mol. The second kappa shape index (κ2) is 6.54. The lowest BCUT2D eigenvalue weighted by Gasteiger charge is -2.11. The zero-order chi connectivity index (χ0) is 22.2. The minimum atomic E-state index is -1.27. The van der Waals surface area contributed by atoms with Gasteiger partial charge in [0.15, 0.2) is 0 Å². The summed E-state index contributed by atoms with van der Waals surface area (Å²) in [6, 6.07) is 9.79. The lowest BCUT2D eigenvalue weighted by Crippen LogP contribution is -2.34. The molecule has 0 atom stereocenters. The fraction of sp³-hybridized carbons (Fsp3) is 0.250. The van der Waals surface area contributed by atoms with Crippen molar-refractivity contribution < 1.29 is 0 Å². The molecule has 7 aromatic rings. The number of hydrogen-bond donors (Lipinski definition) is 0. The van der Waals surface area contributed by atoms with Gasteiger partial charge < -0.3 is 0 Å². The Balaban J connectivity index is 1.57. The van der Waals surface area contributed by atoms with Crippen molar-refractivity contribution in [3.8, 4) is 0 Å². The van der Waals surface area contributed by atoms with Crippen LogP contribution in [0.3, 0.4) is 0 Å². The zero-order valence-corrected chi connectivity index (χ0v) is 25.7. The van der Waals surface area contributed by atoms with Gasteiger partial charge in [-0.15, -0.1) is 68.0 Å².